The van der Waals surface area contributed by atoms with Crippen LogP contribution in [0.1, 0.15) is 19.3 Å². The van der Waals surface area contributed by atoms with E-state index in [-0.39, 0.29) is 6.47 Å². The minimum atomic E-state index is -0.250. The summed E-state index contributed by atoms with van der Waals surface area (Å²) in [6.07, 6.45) is 11.2. The first-order valence-electron chi connectivity index (χ1n) is 6.55. The molecule has 0 aliphatic carbocycles. The van der Waals surface area contributed by atoms with Gasteiger partial charge in [0, 0.05) is 31.4 Å². The first-order valence-corrected chi connectivity index (χ1v) is 6.55. The Balaban J connectivity index is 0.000000452. The average Bonchev–Trinajstić information content (AvgIpc) is 3.11. The van der Waals surface area contributed by atoms with Crippen LogP contribution in [0.25, 0.3) is 11.6 Å². The number of ether oxygens (including phenoxy) is 1. The van der Waals surface area contributed by atoms with E-state index in [9.17, 15) is 0 Å². The number of hydrogen-bond acceptors (Lipinski definition) is 4. The Bertz CT molecular complexity index is 503. The number of carbonyl (C=O) groups is 1. The largest absolute Gasteiger partial charge is 0.483 e. The smallest absolute Gasteiger partial charge is 0.290 e. The van der Waals surface area contributed by atoms with Crippen molar-refractivity contribution in [3.63, 3.8) is 0 Å². The number of H-pyrrole nitrogens is 1. The summed E-state index contributed by atoms with van der Waals surface area (Å²) in [5.41, 5.74) is 0. The van der Waals surface area contributed by atoms with Crippen molar-refractivity contribution in [3.05, 3.63) is 24.8 Å². The normalized spacial score (nSPS) is 18.1. The van der Waals surface area contributed by atoms with Crippen LogP contribution < -0.4 is 0 Å². The van der Waals surface area contributed by atoms with E-state index in [0.717, 1.165) is 31.2 Å². The van der Waals surface area contributed by atoms with E-state index in [0.29, 0.717) is 6.10 Å². The van der Waals surface area contributed by atoms with Crippen molar-refractivity contribution in [2.75, 3.05) is 6.61 Å². The van der Waals surface area contributed by atoms with Gasteiger partial charge in [0.25, 0.3) is 6.47 Å². The molecule has 7 heteroatoms. The predicted octanol–water partition coefficient (Wildman–Crippen LogP) is 1.54. The predicted molar refractivity (Wildman–Crippen MR) is 72.1 cm³/mol. The zero-order valence-corrected chi connectivity index (χ0v) is 11.1. The van der Waals surface area contributed by atoms with E-state index in [1.165, 1.54) is 12.8 Å². The molecule has 1 unspecified atom stereocenters. The highest BCUT2D eigenvalue weighted by atomic mass is 16.5. The fourth-order valence-electron chi connectivity index (χ4n) is 2.23. The maximum absolute atomic E-state index is 8.36. The van der Waals surface area contributed by atoms with Crippen molar-refractivity contribution in [1.82, 2.24) is 19.5 Å². The molecule has 2 aromatic heterocycles. The van der Waals surface area contributed by atoms with Crippen LogP contribution in [0.4, 0.5) is 0 Å². The molecule has 0 aromatic carbocycles. The topological polar surface area (TPSA) is 93.0 Å². The second-order valence-corrected chi connectivity index (χ2v) is 4.43. The average molecular weight is 278 g/mol. The Labute approximate surface area is 116 Å². The Morgan fingerprint density at radius 3 is 2.95 bits per heavy atom. The molecule has 108 valence electrons. The molecule has 20 heavy (non-hydrogen) atoms. The molecule has 0 radical (unpaired) electrons. The quantitative estimate of drug-likeness (QED) is 0.831. The second-order valence-electron chi connectivity index (χ2n) is 4.43. The van der Waals surface area contributed by atoms with Crippen LogP contribution in [0, 0.1) is 0 Å². The van der Waals surface area contributed by atoms with Crippen LogP contribution in [-0.2, 0) is 16.1 Å². The number of nitrogens with zero attached hydrogens (tertiary/aromatic N) is 3. The van der Waals surface area contributed by atoms with Crippen LogP contribution in [0.2, 0.25) is 0 Å². The Morgan fingerprint density at radius 1 is 1.45 bits per heavy atom. The Morgan fingerprint density at radius 2 is 2.30 bits per heavy atom. The van der Waals surface area contributed by atoms with E-state index in [4.69, 9.17) is 14.6 Å². The van der Waals surface area contributed by atoms with Crippen LogP contribution in [0.3, 0.4) is 0 Å². The molecule has 3 heterocycles. The monoisotopic (exact) mass is 278 g/mol. The highest BCUT2D eigenvalue weighted by molar-refractivity contribution is 5.43. The van der Waals surface area contributed by atoms with E-state index < -0.39 is 0 Å². The summed E-state index contributed by atoms with van der Waals surface area (Å²) < 4.78 is 7.85. The van der Waals surface area contributed by atoms with Gasteiger partial charge in [-0.25, -0.2) is 9.97 Å². The maximum Gasteiger partial charge on any atom is 0.290 e. The Kier molecular flexibility index (Phi) is 5.31. The summed E-state index contributed by atoms with van der Waals surface area (Å²) in [6.45, 7) is 1.49. The fraction of sp³-hybridized carbons (Fsp3) is 0.462. The third kappa shape index (κ3) is 3.67. The lowest BCUT2D eigenvalue weighted by atomic mass is 10.1. The van der Waals surface area contributed by atoms with Gasteiger partial charge in [0.05, 0.1) is 12.6 Å². The molecule has 1 aliphatic heterocycles. The lowest BCUT2D eigenvalue weighted by Gasteiger charge is -2.23. The number of aromatic nitrogens is 4. The molecule has 0 amide bonds. The number of aromatic amines is 1. The third-order valence-corrected chi connectivity index (χ3v) is 3.10. The van der Waals surface area contributed by atoms with Crippen molar-refractivity contribution >= 4 is 6.47 Å². The van der Waals surface area contributed by atoms with Gasteiger partial charge in [-0.2, -0.15) is 0 Å². The molecule has 2 aromatic rings. The summed E-state index contributed by atoms with van der Waals surface area (Å²) in [7, 11) is 0. The summed E-state index contributed by atoms with van der Waals surface area (Å²) in [5, 5.41) is 6.89. The molecule has 0 spiro atoms. The SMILES string of the molecule is O=CO.c1c[nH]c(-c2nccn2CC2CCCCO2)n1. The van der Waals surface area contributed by atoms with Gasteiger partial charge in [0.2, 0.25) is 0 Å². The molecule has 7 nitrogen and oxygen atoms in total. The van der Waals surface area contributed by atoms with Gasteiger partial charge in [0.15, 0.2) is 11.6 Å². The van der Waals surface area contributed by atoms with Crippen LogP contribution in [0.15, 0.2) is 24.8 Å². The van der Waals surface area contributed by atoms with Crippen molar-refractivity contribution in [2.24, 2.45) is 0 Å². The first kappa shape index (κ1) is 14.3. The number of nitrogens with one attached hydrogen (secondary N) is 1. The van der Waals surface area contributed by atoms with Gasteiger partial charge >= 0.3 is 0 Å². The number of rotatable bonds is 3. The third-order valence-electron chi connectivity index (χ3n) is 3.10. The van der Waals surface area contributed by atoms with Crippen molar-refractivity contribution in [3.8, 4) is 11.6 Å². The lowest BCUT2D eigenvalue weighted by molar-refractivity contribution is -0.122. The number of carboxylic acid groups (broad SMARTS) is 1. The van der Waals surface area contributed by atoms with Gasteiger partial charge in [0.1, 0.15) is 0 Å². The molecule has 1 atom stereocenters. The van der Waals surface area contributed by atoms with E-state index in [2.05, 4.69) is 19.5 Å². The molecule has 3 rings (SSSR count). The molecule has 1 aliphatic rings. The van der Waals surface area contributed by atoms with Gasteiger partial charge in [-0.1, -0.05) is 0 Å². The minimum Gasteiger partial charge on any atom is -0.483 e. The molecular weight excluding hydrogens is 260 g/mol. The number of hydrogen-bond donors (Lipinski definition) is 2. The molecule has 2 N–H and O–H groups in total. The van der Waals surface area contributed by atoms with Crippen LogP contribution >= 0.6 is 0 Å². The second kappa shape index (κ2) is 7.44. The summed E-state index contributed by atoms with van der Waals surface area (Å²) in [6, 6.07) is 0. The van der Waals surface area contributed by atoms with Crippen molar-refractivity contribution in [2.45, 2.75) is 31.9 Å². The number of imidazole rings is 2. The standard InChI is InChI=1S/C12H16N4O.CH2O2/c1-2-8-17-10(3-1)9-16-7-6-15-12(16)11-13-4-5-14-11;2-1-3/h4-7,10H,1-3,8-9H2,(H,13,14);1H,(H,2,3). The van der Waals surface area contributed by atoms with Crippen LogP contribution in [-0.4, -0.2) is 43.8 Å². The highest BCUT2D eigenvalue weighted by Gasteiger charge is 2.16. The lowest BCUT2D eigenvalue weighted by Crippen LogP contribution is -2.24. The zero-order chi connectivity index (χ0) is 14.2. The summed E-state index contributed by atoms with van der Waals surface area (Å²) >= 11 is 0. The molecule has 1 fully saturated rings. The van der Waals surface area contributed by atoms with E-state index in [1.54, 1.807) is 12.4 Å². The zero-order valence-electron chi connectivity index (χ0n) is 11.1. The van der Waals surface area contributed by atoms with E-state index in [1.807, 2.05) is 12.4 Å². The maximum atomic E-state index is 8.36. The molecule has 1 saturated heterocycles. The van der Waals surface area contributed by atoms with Crippen molar-refractivity contribution in [1.29, 1.82) is 0 Å². The molecule has 0 saturated carbocycles. The minimum absolute atomic E-state index is 0.250. The van der Waals surface area contributed by atoms with Gasteiger partial charge in [-0.05, 0) is 19.3 Å². The summed E-state index contributed by atoms with van der Waals surface area (Å²) in [5.74, 6) is 1.69. The van der Waals surface area contributed by atoms with Gasteiger partial charge in [-0.15, -0.1) is 0 Å². The van der Waals surface area contributed by atoms with Crippen LogP contribution in [0.5, 0.6) is 0 Å². The molecular formula is C13H18N4O3. The highest BCUT2D eigenvalue weighted by Crippen LogP contribution is 2.18. The van der Waals surface area contributed by atoms with E-state index >= 15 is 0 Å². The van der Waals surface area contributed by atoms with Crippen molar-refractivity contribution < 1.29 is 14.6 Å². The first-order chi connectivity index (χ1) is 9.85. The molecule has 0 bridgehead atoms. The Hall–Kier alpha value is -2.15. The van der Waals surface area contributed by atoms with Gasteiger partial charge in [-0.3, -0.25) is 4.79 Å². The fourth-order valence-corrected chi connectivity index (χ4v) is 2.23. The van der Waals surface area contributed by atoms with Gasteiger partial charge < -0.3 is 19.4 Å². The summed E-state index contributed by atoms with van der Waals surface area (Å²) in [4.78, 5) is 20.0.